The van der Waals surface area contributed by atoms with Crippen LogP contribution in [0, 0.1) is 14.9 Å². The predicted octanol–water partition coefficient (Wildman–Crippen LogP) is 2.68. The normalized spacial score (nSPS) is 11.6. The highest BCUT2D eigenvalue weighted by Gasteiger charge is 2.07. The van der Waals surface area contributed by atoms with E-state index in [2.05, 4.69) is 15.3 Å². The maximum Gasteiger partial charge on any atom is 0.269 e. The molecule has 0 saturated heterocycles. The van der Waals surface area contributed by atoms with Gasteiger partial charge in [-0.2, -0.15) is 14.9 Å². The highest BCUT2D eigenvalue weighted by atomic mass is 32.1. The van der Waals surface area contributed by atoms with Crippen molar-refractivity contribution < 1.29 is 4.92 Å². The first-order valence-electron chi connectivity index (χ1n) is 5.99. The Balaban J connectivity index is 2.37. The van der Waals surface area contributed by atoms with Crippen molar-refractivity contribution in [1.29, 1.82) is 0 Å². The van der Waals surface area contributed by atoms with E-state index in [0.29, 0.717) is 16.9 Å². The van der Waals surface area contributed by atoms with Gasteiger partial charge in [0.15, 0.2) is 5.82 Å². The number of rotatable bonds is 4. The first kappa shape index (κ1) is 14.1. The molecule has 0 fully saturated rings. The van der Waals surface area contributed by atoms with Crippen molar-refractivity contribution in [1.82, 2.24) is 14.9 Å². The van der Waals surface area contributed by atoms with Gasteiger partial charge in [0, 0.05) is 18.6 Å². The van der Waals surface area contributed by atoms with Crippen LogP contribution in [-0.2, 0) is 6.42 Å². The van der Waals surface area contributed by atoms with E-state index < -0.39 is 4.92 Å². The molecule has 0 atom stereocenters. The maximum absolute atomic E-state index is 10.6. The van der Waals surface area contributed by atoms with Gasteiger partial charge in [0.25, 0.3) is 5.69 Å². The minimum atomic E-state index is -0.433. The second-order valence-electron chi connectivity index (χ2n) is 4.10. The summed E-state index contributed by atoms with van der Waals surface area (Å²) in [6.07, 6.45) is 0.699. The van der Waals surface area contributed by atoms with Gasteiger partial charge in [0.05, 0.1) is 10.6 Å². The van der Waals surface area contributed by atoms with Crippen LogP contribution in [0.15, 0.2) is 29.4 Å². The zero-order chi connectivity index (χ0) is 14.7. The Morgan fingerprint density at radius 2 is 2.15 bits per heavy atom. The summed E-state index contributed by atoms with van der Waals surface area (Å²) in [5.74, 6) is 0.733. The lowest BCUT2D eigenvalue weighted by molar-refractivity contribution is -0.384. The Morgan fingerprint density at radius 1 is 1.50 bits per heavy atom. The van der Waals surface area contributed by atoms with Crippen LogP contribution in [0.25, 0.3) is 0 Å². The smallest absolute Gasteiger partial charge is 0.258 e. The molecule has 2 rings (SSSR count). The van der Waals surface area contributed by atoms with Crippen LogP contribution in [0.2, 0.25) is 0 Å². The summed E-state index contributed by atoms with van der Waals surface area (Å²) in [5.41, 5.74) is 1.54. The summed E-state index contributed by atoms with van der Waals surface area (Å²) in [6, 6.07) is 6.21. The summed E-state index contributed by atoms with van der Waals surface area (Å²) in [7, 11) is 0. The number of benzene rings is 1. The van der Waals surface area contributed by atoms with Crippen LogP contribution in [0.5, 0.6) is 0 Å². The molecule has 0 radical (unpaired) electrons. The predicted molar refractivity (Wildman–Crippen MR) is 77.5 cm³/mol. The fraction of sp³-hybridized carbons (Fsp3) is 0.250. The van der Waals surface area contributed by atoms with E-state index in [1.807, 2.05) is 13.8 Å². The van der Waals surface area contributed by atoms with Gasteiger partial charge in [-0.15, -0.1) is 0 Å². The topological polar surface area (TPSA) is 89.1 Å². The van der Waals surface area contributed by atoms with Gasteiger partial charge in [-0.1, -0.05) is 6.92 Å². The molecule has 1 heterocycles. The number of H-pyrrole nitrogens is 1. The van der Waals surface area contributed by atoms with E-state index in [4.69, 9.17) is 12.2 Å². The number of aromatic nitrogens is 3. The van der Waals surface area contributed by atoms with Crippen LogP contribution in [0.4, 0.5) is 5.69 Å². The van der Waals surface area contributed by atoms with Gasteiger partial charge in [0.2, 0.25) is 4.77 Å². The summed E-state index contributed by atoms with van der Waals surface area (Å²) < 4.78 is 1.98. The van der Waals surface area contributed by atoms with Crippen LogP contribution in [0.1, 0.15) is 25.2 Å². The zero-order valence-electron chi connectivity index (χ0n) is 11.0. The lowest BCUT2D eigenvalue weighted by Crippen LogP contribution is -2.03. The molecule has 8 heteroatoms. The van der Waals surface area contributed by atoms with Crippen molar-refractivity contribution in [2.24, 2.45) is 5.10 Å². The first-order valence-corrected chi connectivity index (χ1v) is 6.40. The maximum atomic E-state index is 10.6. The SMILES string of the molecule is CCc1n[nH]c(=S)n1N=C(C)c1ccc([N+](=O)[O-])cc1. The standard InChI is InChI=1S/C12H13N5O2S/c1-3-11-13-14-12(20)16(11)15-8(2)9-4-6-10(7-5-9)17(18)19/h4-7H,3H2,1-2H3,(H,14,20). The third-order valence-corrected chi connectivity index (χ3v) is 3.04. The molecule has 2 aromatic rings. The summed E-state index contributed by atoms with van der Waals surface area (Å²) >= 11 is 5.11. The van der Waals surface area contributed by atoms with Gasteiger partial charge in [-0.25, -0.2) is 0 Å². The number of aromatic amines is 1. The molecule has 104 valence electrons. The van der Waals surface area contributed by atoms with E-state index in [-0.39, 0.29) is 5.69 Å². The number of nitrogens with zero attached hydrogens (tertiary/aromatic N) is 4. The van der Waals surface area contributed by atoms with E-state index in [9.17, 15) is 10.1 Å². The molecule has 7 nitrogen and oxygen atoms in total. The second-order valence-corrected chi connectivity index (χ2v) is 4.49. The average molecular weight is 291 g/mol. The van der Waals surface area contributed by atoms with Crippen LogP contribution in [-0.4, -0.2) is 25.5 Å². The Labute approximate surface area is 120 Å². The molecular weight excluding hydrogens is 278 g/mol. The minimum Gasteiger partial charge on any atom is -0.258 e. The number of nitro benzene ring substituents is 1. The molecule has 20 heavy (non-hydrogen) atoms. The fourth-order valence-corrected chi connectivity index (χ4v) is 1.88. The summed E-state index contributed by atoms with van der Waals surface area (Å²) in [5, 5.41) is 21.8. The highest BCUT2D eigenvalue weighted by molar-refractivity contribution is 7.71. The second kappa shape index (κ2) is 5.74. The Bertz CT molecular complexity index is 714. The molecular formula is C12H13N5O2S. The lowest BCUT2D eigenvalue weighted by Gasteiger charge is -2.02. The van der Waals surface area contributed by atoms with Crippen molar-refractivity contribution >= 4 is 23.6 Å². The van der Waals surface area contributed by atoms with Crippen molar-refractivity contribution in [3.63, 3.8) is 0 Å². The van der Waals surface area contributed by atoms with E-state index in [0.717, 1.165) is 11.4 Å². The molecule has 0 amide bonds. The van der Waals surface area contributed by atoms with Crippen molar-refractivity contribution in [3.8, 4) is 0 Å². The number of nitrogens with one attached hydrogen (secondary N) is 1. The quantitative estimate of drug-likeness (QED) is 0.406. The van der Waals surface area contributed by atoms with Crippen LogP contribution >= 0.6 is 12.2 Å². The molecule has 0 bridgehead atoms. The summed E-state index contributed by atoms with van der Waals surface area (Å²) in [6.45, 7) is 3.77. The summed E-state index contributed by atoms with van der Waals surface area (Å²) in [4.78, 5) is 10.2. The molecule has 1 aromatic carbocycles. The Kier molecular flexibility index (Phi) is 4.04. The highest BCUT2D eigenvalue weighted by Crippen LogP contribution is 2.13. The molecule has 1 N–H and O–H groups in total. The average Bonchev–Trinajstić information content (AvgIpc) is 2.79. The van der Waals surface area contributed by atoms with Crippen molar-refractivity contribution in [2.75, 3.05) is 0 Å². The van der Waals surface area contributed by atoms with Gasteiger partial charge in [-0.05, 0) is 36.8 Å². The van der Waals surface area contributed by atoms with E-state index in [1.54, 1.807) is 16.8 Å². The molecule has 0 spiro atoms. The largest absolute Gasteiger partial charge is 0.269 e. The number of hydrogen-bond acceptors (Lipinski definition) is 5. The molecule has 0 aliphatic rings. The molecule has 1 aromatic heterocycles. The van der Waals surface area contributed by atoms with Gasteiger partial charge in [-0.3, -0.25) is 15.2 Å². The van der Waals surface area contributed by atoms with E-state index >= 15 is 0 Å². The van der Waals surface area contributed by atoms with Gasteiger partial charge < -0.3 is 0 Å². The van der Waals surface area contributed by atoms with E-state index in [1.165, 1.54) is 12.1 Å². The van der Waals surface area contributed by atoms with Crippen LogP contribution in [0.3, 0.4) is 0 Å². The number of non-ortho nitro benzene ring substituents is 1. The third kappa shape index (κ3) is 2.80. The Hall–Kier alpha value is -2.35. The van der Waals surface area contributed by atoms with Gasteiger partial charge in [0.1, 0.15) is 0 Å². The van der Waals surface area contributed by atoms with Gasteiger partial charge >= 0.3 is 0 Å². The minimum absolute atomic E-state index is 0.0516. The monoisotopic (exact) mass is 291 g/mol. The van der Waals surface area contributed by atoms with Crippen molar-refractivity contribution in [2.45, 2.75) is 20.3 Å². The van der Waals surface area contributed by atoms with Crippen molar-refractivity contribution in [3.05, 3.63) is 50.5 Å². The molecule has 0 unspecified atom stereocenters. The number of nitro groups is 1. The fourth-order valence-electron chi connectivity index (χ4n) is 1.69. The molecule has 0 saturated carbocycles. The number of aryl methyl sites for hydroxylation is 1. The number of hydrogen-bond donors (Lipinski definition) is 1. The molecule has 0 aliphatic carbocycles. The zero-order valence-corrected chi connectivity index (χ0v) is 11.8. The van der Waals surface area contributed by atoms with Crippen LogP contribution < -0.4 is 0 Å². The molecule has 0 aliphatic heterocycles. The Morgan fingerprint density at radius 3 is 2.70 bits per heavy atom. The third-order valence-electron chi connectivity index (χ3n) is 2.78. The first-order chi connectivity index (χ1) is 9.52. The lowest BCUT2D eigenvalue weighted by atomic mass is 10.1.